The summed E-state index contributed by atoms with van der Waals surface area (Å²) in [6.07, 6.45) is 1.67. The number of amides is 2. The second-order valence-electron chi connectivity index (χ2n) is 7.21. The van der Waals surface area contributed by atoms with Crippen molar-refractivity contribution in [2.24, 2.45) is 5.92 Å². The number of aryl methyl sites for hydroxylation is 1. The summed E-state index contributed by atoms with van der Waals surface area (Å²) in [6.45, 7) is 2.70. The number of para-hydroxylation sites is 1. The molecular formula is C22H21FN4O2. The Morgan fingerprint density at radius 2 is 2.03 bits per heavy atom. The van der Waals surface area contributed by atoms with Crippen LogP contribution in [-0.2, 0) is 16.1 Å². The first-order valence-electron chi connectivity index (χ1n) is 9.44. The maximum atomic E-state index is 14.0. The largest absolute Gasteiger partial charge is 0.311 e. The van der Waals surface area contributed by atoms with Crippen LogP contribution in [0.15, 0.2) is 60.8 Å². The number of anilines is 2. The summed E-state index contributed by atoms with van der Waals surface area (Å²) in [5.41, 5.74) is 2.43. The molecule has 1 atom stereocenters. The molecule has 148 valence electrons. The summed E-state index contributed by atoms with van der Waals surface area (Å²) in [5.74, 6) is -0.998. The number of aromatic nitrogens is 2. The van der Waals surface area contributed by atoms with Crippen LogP contribution < -0.4 is 10.2 Å². The average Bonchev–Trinajstić information content (AvgIpc) is 3.29. The van der Waals surface area contributed by atoms with Gasteiger partial charge in [-0.1, -0.05) is 42.0 Å². The van der Waals surface area contributed by atoms with Crippen LogP contribution in [0.25, 0.3) is 0 Å². The molecule has 6 nitrogen and oxygen atoms in total. The van der Waals surface area contributed by atoms with Crippen LogP contribution >= 0.6 is 0 Å². The molecule has 1 fully saturated rings. The summed E-state index contributed by atoms with van der Waals surface area (Å²) in [4.78, 5) is 26.4. The number of hydrogen-bond acceptors (Lipinski definition) is 3. The van der Waals surface area contributed by atoms with E-state index in [1.807, 2.05) is 25.1 Å². The molecule has 3 aromatic rings. The number of carbonyl (C=O) groups excluding carboxylic acids is 2. The van der Waals surface area contributed by atoms with Crippen molar-refractivity contribution in [2.45, 2.75) is 19.9 Å². The Labute approximate surface area is 167 Å². The van der Waals surface area contributed by atoms with E-state index in [4.69, 9.17) is 0 Å². The van der Waals surface area contributed by atoms with Crippen molar-refractivity contribution in [3.05, 3.63) is 77.7 Å². The minimum absolute atomic E-state index is 0.0478. The Morgan fingerprint density at radius 1 is 1.21 bits per heavy atom. The van der Waals surface area contributed by atoms with E-state index in [2.05, 4.69) is 16.5 Å². The molecule has 1 N–H and O–H groups in total. The fourth-order valence-corrected chi connectivity index (χ4v) is 3.56. The Bertz CT molecular complexity index is 1060. The lowest BCUT2D eigenvalue weighted by Gasteiger charge is -2.17. The molecule has 29 heavy (non-hydrogen) atoms. The molecule has 1 unspecified atom stereocenters. The fourth-order valence-electron chi connectivity index (χ4n) is 3.56. The zero-order valence-electron chi connectivity index (χ0n) is 16.0. The van der Waals surface area contributed by atoms with E-state index in [0.717, 1.165) is 11.1 Å². The zero-order chi connectivity index (χ0) is 20.4. The van der Waals surface area contributed by atoms with Gasteiger partial charge in [-0.05, 0) is 24.6 Å². The van der Waals surface area contributed by atoms with E-state index in [1.165, 1.54) is 11.0 Å². The van der Waals surface area contributed by atoms with Crippen LogP contribution in [0, 0.1) is 18.7 Å². The summed E-state index contributed by atoms with van der Waals surface area (Å²) in [7, 11) is 0. The van der Waals surface area contributed by atoms with Crippen LogP contribution in [0.4, 0.5) is 15.9 Å². The molecule has 2 amide bonds. The number of benzene rings is 2. The second kappa shape index (κ2) is 7.87. The first-order chi connectivity index (χ1) is 14.0. The van der Waals surface area contributed by atoms with Gasteiger partial charge in [-0.2, -0.15) is 5.10 Å². The van der Waals surface area contributed by atoms with Gasteiger partial charge in [-0.25, -0.2) is 9.07 Å². The smallest absolute Gasteiger partial charge is 0.230 e. The topological polar surface area (TPSA) is 67.2 Å². The van der Waals surface area contributed by atoms with Crippen molar-refractivity contribution in [1.82, 2.24) is 9.78 Å². The van der Waals surface area contributed by atoms with Gasteiger partial charge in [0, 0.05) is 19.0 Å². The van der Waals surface area contributed by atoms with Gasteiger partial charge in [-0.3, -0.25) is 9.59 Å². The molecular weight excluding hydrogens is 371 g/mol. The van der Waals surface area contributed by atoms with Crippen LogP contribution in [0.1, 0.15) is 17.5 Å². The molecule has 4 rings (SSSR count). The van der Waals surface area contributed by atoms with Gasteiger partial charge in [0.15, 0.2) is 0 Å². The monoisotopic (exact) mass is 392 g/mol. The number of halogens is 1. The first kappa shape index (κ1) is 18.9. The molecule has 1 aliphatic heterocycles. The van der Waals surface area contributed by atoms with E-state index >= 15 is 0 Å². The van der Waals surface area contributed by atoms with Gasteiger partial charge in [0.1, 0.15) is 11.6 Å². The lowest BCUT2D eigenvalue weighted by molar-refractivity contribution is -0.122. The molecule has 0 saturated carbocycles. The molecule has 1 aliphatic rings. The van der Waals surface area contributed by atoms with Gasteiger partial charge in [0.05, 0.1) is 24.3 Å². The maximum Gasteiger partial charge on any atom is 0.230 e. The van der Waals surface area contributed by atoms with Crippen LogP contribution in [0.3, 0.4) is 0 Å². The summed E-state index contributed by atoms with van der Waals surface area (Å²) in [6, 6.07) is 15.9. The lowest BCUT2D eigenvalue weighted by Crippen LogP contribution is -2.29. The van der Waals surface area contributed by atoms with Crippen LogP contribution in [0.5, 0.6) is 0 Å². The molecule has 0 spiro atoms. The molecule has 1 aromatic heterocycles. The van der Waals surface area contributed by atoms with Crippen molar-refractivity contribution in [1.29, 1.82) is 0 Å². The van der Waals surface area contributed by atoms with Crippen LogP contribution in [0.2, 0.25) is 0 Å². The third-order valence-corrected chi connectivity index (χ3v) is 5.02. The predicted octanol–water partition coefficient (Wildman–Crippen LogP) is 3.37. The minimum atomic E-state index is -0.551. The Hall–Kier alpha value is -3.48. The van der Waals surface area contributed by atoms with Gasteiger partial charge in [-0.15, -0.1) is 0 Å². The highest BCUT2D eigenvalue weighted by Crippen LogP contribution is 2.28. The number of carbonyl (C=O) groups is 2. The van der Waals surface area contributed by atoms with E-state index < -0.39 is 11.7 Å². The molecule has 2 heterocycles. The highest BCUT2D eigenvalue weighted by atomic mass is 19.1. The van der Waals surface area contributed by atoms with E-state index in [-0.39, 0.29) is 30.5 Å². The third kappa shape index (κ3) is 4.03. The number of hydrogen-bond donors (Lipinski definition) is 1. The zero-order valence-corrected chi connectivity index (χ0v) is 16.0. The number of nitrogens with zero attached hydrogens (tertiary/aromatic N) is 3. The highest BCUT2D eigenvalue weighted by Gasteiger charge is 2.36. The van der Waals surface area contributed by atoms with Gasteiger partial charge in [0.2, 0.25) is 11.8 Å². The van der Waals surface area contributed by atoms with Crippen LogP contribution in [-0.4, -0.2) is 28.1 Å². The predicted molar refractivity (Wildman–Crippen MR) is 108 cm³/mol. The molecule has 2 aromatic carbocycles. The van der Waals surface area contributed by atoms with Gasteiger partial charge < -0.3 is 10.2 Å². The Kier molecular flexibility index (Phi) is 5.12. The minimum Gasteiger partial charge on any atom is -0.311 e. The van der Waals surface area contributed by atoms with Crippen molar-refractivity contribution < 1.29 is 14.0 Å². The first-order valence-corrected chi connectivity index (χ1v) is 9.44. The van der Waals surface area contributed by atoms with Gasteiger partial charge >= 0.3 is 0 Å². The van der Waals surface area contributed by atoms with Crippen molar-refractivity contribution >= 4 is 23.3 Å². The standard InChI is InChI=1S/C22H21FN4O2/c1-15-5-4-6-16(11-15)13-27-20(9-10-24-27)25-22(29)17-12-21(28)26(14-17)19-8-3-2-7-18(19)23/h2-11,17H,12-14H2,1H3,(H,25,29). The fraction of sp³-hybridized carbons (Fsp3) is 0.227. The quantitative estimate of drug-likeness (QED) is 0.724. The molecule has 1 saturated heterocycles. The SMILES string of the molecule is Cc1cccc(Cn2nccc2NC(=O)C2CC(=O)N(c3ccccc3F)C2)c1. The highest BCUT2D eigenvalue weighted by molar-refractivity contribution is 6.03. The molecule has 0 aliphatic carbocycles. The maximum absolute atomic E-state index is 14.0. The van der Waals surface area contributed by atoms with E-state index in [1.54, 1.807) is 35.1 Å². The third-order valence-electron chi connectivity index (χ3n) is 5.02. The molecule has 0 radical (unpaired) electrons. The Balaban J connectivity index is 1.45. The molecule has 7 heteroatoms. The summed E-state index contributed by atoms with van der Waals surface area (Å²) >= 11 is 0. The summed E-state index contributed by atoms with van der Waals surface area (Å²) in [5, 5.41) is 7.15. The van der Waals surface area contributed by atoms with Gasteiger partial charge in [0.25, 0.3) is 0 Å². The lowest BCUT2D eigenvalue weighted by atomic mass is 10.1. The van der Waals surface area contributed by atoms with E-state index in [9.17, 15) is 14.0 Å². The normalized spacial score (nSPS) is 16.3. The summed E-state index contributed by atoms with van der Waals surface area (Å²) < 4.78 is 15.7. The molecule has 0 bridgehead atoms. The Morgan fingerprint density at radius 3 is 2.83 bits per heavy atom. The van der Waals surface area contributed by atoms with Crippen molar-refractivity contribution in [3.8, 4) is 0 Å². The van der Waals surface area contributed by atoms with Crippen molar-refractivity contribution in [2.75, 3.05) is 16.8 Å². The number of nitrogens with one attached hydrogen (secondary N) is 1. The van der Waals surface area contributed by atoms with E-state index in [0.29, 0.717) is 12.4 Å². The second-order valence-corrected chi connectivity index (χ2v) is 7.21. The average molecular weight is 392 g/mol. The number of rotatable bonds is 5. The van der Waals surface area contributed by atoms with Crippen molar-refractivity contribution in [3.63, 3.8) is 0 Å².